The predicted molar refractivity (Wildman–Crippen MR) is 79.4 cm³/mol. The van der Waals surface area contributed by atoms with Crippen LogP contribution in [0.4, 0.5) is 13.2 Å². The highest BCUT2D eigenvalue weighted by molar-refractivity contribution is 9.10. The molecule has 0 aliphatic rings. The van der Waals surface area contributed by atoms with Gasteiger partial charge >= 0.3 is 6.36 Å². The Bertz CT molecular complexity index is 583. The van der Waals surface area contributed by atoms with E-state index in [1.807, 2.05) is 0 Å². The molecule has 8 heteroatoms. The Morgan fingerprint density at radius 2 is 1.85 bits per heavy atom. The van der Waals surface area contributed by atoms with E-state index in [1.54, 1.807) is 12.1 Å². The summed E-state index contributed by atoms with van der Waals surface area (Å²) in [5, 5.41) is 1.77. The zero-order chi connectivity index (χ0) is 14.8. The zero-order valence-electron chi connectivity index (χ0n) is 9.88. The van der Waals surface area contributed by atoms with Crippen LogP contribution in [-0.2, 0) is 6.42 Å². The molecular formula is C12H8Br2F3NOS. The smallest absolute Gasteiger partial charge is 0.406 e. The van der Waals surface area contributed by atoms with Gasteiger partial charge in [0.2, 0.25) is 0 Å². The SMILES string of the molecule is FC(F)(F)Oc1ccc(-c2sc(CCBr)nc2Br)cc1. The molecule has 2 aromatic rings. The maximum Gasteiger partial charge on any atom is 0.573 e. The first-order valence-electron chi connectivity index (χ1n) is 5.46. The van der Waals surface area contributed by atoms with Crippen molar-refractivity contribution >= 4 is 43.2 Å². The number of alkyl halides is 4. The van der Waals surface area contributed by atoms with E-state index in [2.05, 4.69) is 41.6 Å². The lowest BCUT2D eigenvalue weighted by molar-refractivity contribution is -0.274. The molecule has 0 radical (unpaired) electrons. The lowest BCUT2D eigenvalue weighted by Crippen LogP contribution is -2.16. The summed E-state index contributed by atoms with van der Waals surface area (Å²) < 4.78 is 40.8. The van der Waals surface area contributed by atoms with Gasteiger partial charge in [-0.25, -0.2) is 4.98 Å². The molecule has 1 heterocycles. The molecule has 2 nitrogen and oxygen atoms in total. The van der Waals surface area contributed by atoms with Crippen LogP contribution in [0.5, 0.6) is 5.75 Å². The van der Waals surface area contributed by atoms with E-state index >= 15 is 0 Å². The van der Waals surface area contributed by atoms with Crippen molar-refractivity contribution in [3.8, 4) is 16.2 Å². The Morgan fingerprint density at radius 3 is 2.40 bits per heavy atom. The summed E-state index contributed by atoms with van der Waals surface area (Å²) in [6, 6.07) is 5.74. The van der Waals surface area contributed by atoms with Crippen LogP contribution in [0.2, 0.25) is 0 Å². The molecule has 1 aromatic heterocycles. The van der Waals surface area contributed by atoms with Crippen LogP contribution in [0.3, 0.4) is 0 Å². The van der Waals surface area contributed by atoms with Crippen LogP contribution in [0.1, 0.15) is 5.01 Å². The summed E-state index contributed by atoms with van der Waals surface area (Å²) in [5.41, 5.74) is 0.796. The van der Waals surface area contributed by atoms with Gasteiger partial charge < -0.3 is 4.74 Å². The molecule has 20 heavy (non-hydrogen) atoms. The van der Waals surface area contributed by atoms with Crippen molar-refractivity contribution in [2.24, 2.45) is 0 Å². The van der Waals surface area contributed by atoms with E-state index in [0.29, 0.717) is 4.60 Å². The van der Waals surface area contributed by atoms with Crippen LogP contribution in [0.15, 0.2) is 28.9 Å². The number of ether oxygens (including phenoxy) is 1. The minimum atomic E-state index is -4.67. The van der Waals surface area contributed by atoms with Gasteiger partial charge in [0.1, 0.15) is 10.4 Å². The molecule has 0 spiro atoms. The molecule has 0 amide bonds. The first-order chi connectivity index (χ1) is 9.39. The van der Waals surface area contributed by atoms with Crippen molar-refractivity contribution in [2.45, 2.75) is 12.8 Å². The molecule has 0 saturated heterocycles. The Labute approximate surface area is 134 Å². The van der Waals surface area contributed by atoms with Crippen molar-refractivity contribution in [1.82, 2.24) is 4.98 Å². The normalized spacial score (nSPS) is 11.7. The third-order valence-corrected chi connectivity index (χ3v) is 4.69. The molecule has 0 fully saturated rings. The minimum absolute atomic E-state index is 0.234. The van der Waals surface area contributed by atoms with E-state index in [-0.39, 0.29) is 5.75 Å². The molecule has 0 unspecified atom stereocenters. The molecule has 0 aliphatic heterocycles. The first kappa shape index (κ1) is 15.8. The molecule has 0 saturated carbocycles. The second kappa shape index (κ2) is 6.44. The number of aromatic nitrogens is 1. The number of thiazole rings is 1. The Kier molecular flexibility index (Phi) is 5.09. The maximum atomic E-state index is 12.1. The molecule has 2 rings (SSSR count). The van der Waals surface area contributed by atoms with E-state index in [1.165, 1.54) is 23.5 Å². The highest BCUT2D eigenvalue weighted by Gasteiger charge is 2.31. The highest BCUT2D eigenvalue weighted by atomic mass is 79.9. The third-order valence-electron chi connectivity index (χ3n) is 2.29. The second-order valence-corrected chi connectivity index (χ2v) is 6.37. The van der Waals surface area contributed by atoms with Gasteiger partial charge in [0, 0.05) is 11.8 Å². The zero-order valence-corrected chi connectivity index (χ0v) is 13.9. The number of benzene rings is 1. The number of nitrogens with zero attached hydrogens (tertiary/aromatic N) is 1. The van der Waals surface area contributed by atoms with Gasteiger partial charge in [0.25, 0.3) is 0 Å². The third kappa shape index (κ3) is 4.20. The van der Waals surface area contributed by atoms with Gasteiger partial charge in [-0.05, 0) is 45.8 Å². The summed E-state index contributed by atoms with van der Waals surface area (Å²) in [6.07, 6.45) is -3.87. The number of hydrogen-bond acceptors (Lipinski definition) is 3. The van der Waals surface area contributed by atoms with Crippen LogP contribution < -0.4 is 4.74 Å². The van der Waals surface area contributed by atoms with E-state index in [4.69, 9.17) is 0 Å². The van der Waals surface area contributed by atoms with Crippen LogP contribution in [-0.4, -0.2) is 16.7 Å². The van der Waals surface area contributed by atoms with Crippen LogP contribution in [0.25, 0.3) is 10.4 Å². The van der Waals surface area contributed by atoms with Gasteiger partial charge in [0.15, 0.2) is 0 Å². The Balaban J connectivity index is 2.21. The lowest BCUT2D eigenvalue weighted by atomic mass is 10.2. The number of halogens is 5. The van der Waals surface area contributed by atoms with Gasteiger partial charge in [-0.15, -0.1) is 24.5 Å². The average Bonchev–Trinajstić information content (AvgIpc) is 2.70. The van der Waals surface area contributed by atoms with Crippen molar-refractivity contribution < 1.29 is 17.9 Å². The number of rotatable bonds is 4. The Hall–Kier alpha value is -0.600. The summed E-state index contributed by atoms with van der Waals surface area (Å²) in [4.78, 5) is 5.24. The van der Waals surface area contributed by atoms with Gasteiger partial charge in [-0.1, -0.05) is 15.9 Å². The first-order valence-corrected chi connectivity index (χ1v) is 8.19. The van der Waals surface area contributed by atoms with E-state index in [0.717, 1.165) is 27.2 Å². The van der Waals surface area contributed by atoms with Crippen molar-refractivity contribution in [3.63, 3.8) is 0 Å². The standard InChI is InChI=1S/C12H8Br2F3NOS/c13-6-5-9-18-11(14)10(20-9)7-1-3-8(4-2-7)19-12(15,16)17/h1-4H,5-6H2. The van der Waals surface area contributed by atoms with E-state index in [9.17, 15) is 13.2 Å². The average molecular weight is 431 g/mol. The number of aryl methyl sites for hydroxylation is 1. The fraction of sp³-hybridized carbons (Fsp3) is 0.250. The molecule has 108 valence electrons. The monoisotopic (exact) mass is 429 g/mol. The highest BCUT2D eigenvalue weighted by Crippen LogP contribution is 2.35. The molecule has 0 atom stereocenters. The quantitative estimate of drug-likeness (QED) is 0.605. The second-order valence-electron chi connectivity index (χ2n) is 3.74. The van der Waals surface area contributed by atoms with Crippen LogP contribution >= 0.6 is 43.2 Å². The maximum absolute atomic E-state index is 12.1. The topological polar surface area (TPSA) is 22.1 Å². The summed E-state index contributed by atoms with van der Waals surface area (Å²) >= 11 is 8.21. The van der Waals surface area contributed by atoms with Crippen LogP contribution in [0, 0.1) is 0 Å². The molecular weight excluding hydrogens is 423 g/mol. The lowest BCUT2D eigenvalue weighted by Gasteiger charge is -2.08. The van der Waals surface area contributed by atoms with Gasteiger partial charge in [-0.2, -0.15) is 0 Å². The fourth-order valence-corrected chi connectivity index (χ4v) is 3.92. The van der Waals surface area contributed by atoms with Gasteiger partial charge in [-0.3, -0.25) is 0 Å². The fourth-order valence-electron chi connectivity index (χ4n) is 1.52. The molecule has 0 N–H and O–H groups in total. The van der Waals surface area contributed by atoms with E-state index < -0.39 is 6.36 Å². The van der Waals surface area contributed by atoms with Crippen molar-refractivity contribution in [1.29, 1.82) is 0 Å². The number of hydrogen-bond donors (Lipinski definition) is 0. The van der Waals surface area contributed by atoms with Crippen molar-refractivity contribution in [3.05, 3.63) is 33.9 Å². The summed E-state index contributed by atoms with van der Waals surface area (Å²) in [7, 11) is 0. The molecule has 0 aliphatic carbocycles. The van der Waals surface area contributed by atoms with Gasteiger partial charge in [0.05, 0.1) is 9.88 Å². The van der Waals surface area contributed by atoms with Crippen molar-refractivity contribution in [2.75, 3.05) is 5.33 Å². The summed E-state index contributed by atoms with van der Waals surface area (Å²) in [5.74, 6) is -0.234. The molecule has 0 bridgehead atoms. The molecule has 1 aromatic carbocycles. The Morgan fingerprint density at radius 1 is 1.20 bits per heavy atom. The summed E-state index contributed by atoms with van der Waals surface area (Å²) in [6.45, 7) is 0. The largest absolute Gasteiger partial charge is 0.573 e. The predicted octanol–water partition coefficient (Wildman–Crippen LogP) is 5.41. The minimum Gasteiger partial charge on any atom is -0.406 e.